The number of carbonyl (C=O) groups is 1. The molecular weight excluding hydrogens is 284 g/mol. The van der Waals surface area contributed by atoms with Crippen molar-refractivity contribution in [2.45, 2.75) is 20.8 Å². The monoisotopic (exact) mass is 302 g/mol. The maximum absolute atomic E-state index is 11.5. The summed E-state index contributed by atoms with van der Waals surface area (Å²) in [5.74, 6) is 0.628. The van der Waals surface area contributed by atoms with Gasteiger partial charge in [0.05, 0.1) is 5.56 Å². The van der Waals surface area contributed by atoms with E-state index in [1.54, 1.807) is 14.1 Å². The van der Waals surface area contributed by atoms with Crippen molar-refractivity contribution in [3.05, 3.63) is 22.8 Å². The zero-order valence-corrected chi connectivity index (χ0v) is 12.5. The normalized spacial score (nSPS) is 9.53. The average Bonchev–Trinajstić information content (AvgIpc) is 2.21. The molecule has 1 aromatic rings. The third-order valence-electron chi connectivity index (χ3n) is 2.70. The highest BCUT2D eigenvalue weighted by Crippen LogP contribution is 2.30. The quantitative estimate of drug-likeness (QED) is 0.690. The Balaban J connectivity index is 0.00000256. The highest BCUT2D eigenvalue weighted by Gasteiger charge is 2.16. The molecule has 0 aliphatic carbocycles. The molecule has 0 radical (unpaired) electrons. The van der Waals surface area contributed by atoms with E-state index in [1.165, 1.54) is 4.90 Å². The minimum atomic E-state index is -0.365. The van der Waals surface area contributed by atoms with E-state index in [4.69, 9.17) is 4.74 Å². The standard InChI is InChI=1S/C12H18N2O2.BrH/c1-7-6-10(13)9(3)11(8(7)2)16-12(15)14(4)5;/h6H,13H2,1-5H3;1H. The van der Waals surface area contributed by atoms with Crippen LogP contribution in [0.4, 0.5) is 10.5 Å². The van der Waals surface area contributed by atoms with E-state index in [1.807, 2.05) is 26.8 Å². The van der Waals surface area contributed by atoms with Crippen molar-refractivity contribution in [3.8, 4) is 5.75 Å². The van der Waals surface area contributed by atoms with Crippen LogP contribution in [-0.2, 0) is 0 Å². The van der Waals surface area contributed by atoms with Crippen molar-refractivity contribution in [2.24, 2.45) is 0 Å². The molecule has 96 valence electrons. The number of ether oxygens (including phenoxy) is 1. The van der Waals surface area contributed by atoms with Crippen molar-refractivity contribution >= 4 is 11.8 Å². The first-order valence-corrected chi connectivity index (χ1v) is 5.16. The molecule has 4 nitrogen and oxygen atoms in total. The maximum atomic E-state index is 11.5. The zero-order valence-electron chi connectivity index (χ0n) is 10.9. The SMILES string of the molecule is Cc1cc([NH3+])c(C)c(OC(=O)N(C)C)c1C.[Br-]. The Bertz CT molecular complexity index is 405. The molecule has 0 aromatic heterocycles. The van der Waals surface area contributed by atoms with Gasteiger partial charge in [-0.15, -0.1) is 0 Å². The summed E-state index contributed by atoms with van der Waals surface area (Å²) in [6.45, 7) is 5.84. The molecule has 0 saturated carbocycles. The highest BCUT2D eigenvalue weighted by molar-refractivity contribution is 5.72. The van der Waals surface area contributed by atoms with Crippen molar-refractivity contribution in [3.63, 3.8) is 0 Å². The van der Waals surface area contributed by atoms with Gasteiger partial charge in [0.15, 0.2) is 0 Å². The molecular formula is C12H19BrN2O2. The van der Waals surface area contributed by atoms with Gasteiger partial charge in [-0.2, -0.15) is 0 Å². The fourth-order valence-corrected chi connectivity index (χ4v) is 1.42. The molecule has 0 bridgehead atoms. The summed E-state index contributed by atoms with van der Waals surface area (Å²) < 4.78 is 5.35. The summed E-state index contributed by atoms with van der Waals surface area (Å²) in [6, 6.07) is 2.00. The van der Waals surface area contributed by atoms with Gasteiger partial charge >= 0.3 is 6.09 Å². The van der Waals surface area contributed by atoms with E-state index in [2.05, 4.69) is 5.73 Å². The van der Waals surface area contributed by atoms with Gasteiger partial charge in [0.25, 0.3) is 0 Å². The number of hydrogen-bond acceptors (Lipinski definition) is 2. The van der Waals surface area contributed by atoms with Gasteiger partial charge in [0.2, 0.25) is 0 Å². The second-order valence-corrected chi connectivity index (χ2v) is 4.19. The van der Waals surface area contributed by atoms with Gasteiger partial charge in [-0.3, -0.25) is 0 Å². The molecule has 0 fully saturated rings. The number of quaternary nitrogens is 1. The Morgan fingerprint density at radius 2 is 1.76 bits per heavy atom. The van der Waals surface area contributed by atoms with E-state index >= 15 is 0 Å². The van der Waals surface area contributed by atoms with Gasteiger partial charge in [-0.1, -0.05) is 0 Å². The van der Waals surface area contributed by atoms with Crippen LogP contribution in [0.5, 0.6) is 5.75 Å². The molecule has 1 amide bonds. The first kappa shape index (κ1) is 15.9. The Morgan fingerprint density at radius 3 is 2.24 bits per heavy atom. The summed E-state index contributed by atoms with van der Waals surface area (Å²) in [6.07, 6.45) is -0.365. The largest absolute Gasteiger partial charge is 1.00 e. The topological polar surface area (TPSA) is 57.2 Å². The smallest absolute Gasteiger partial charge is 0.414 e. The van der Waals surface area contributed by atoms with E-state index in [0.29, 0.717) is 5.75 Å². The van der Waals surface area contributed by atoms with Crippen molar-refractivity contribution in [1.82, 2.24) is 4.90 Å². The van der Waals surface area contributed by atoms with E-state index in [-0.39, 0.29) is 23.1 Å². The molecule has 5 heteroatoms. The number of aryl methyl sites for hydroxylation is 1. The van der Waals surface area contributed by atoms with Gasteiger partial charge in [-0.25, -0.2) is 4.79 Å². The van der Waals surface area contributed by atoms with Crippen LogP contribution in [0.25, 0.3) is 0 Å². The molecule has 0 aliphatic heterocycles. The summed E-state index contributed by atoms with van der Waals surface area (Å²) in [5.41, 5.74) is 7.81. The lowest BCUT2D eigenvalue weighted by atomic mass is 10.0. The number of halogens is 1. The average molecular weight is 303 g/mol. The predicted octanol–water partition coefficient (Wildman–Crippen LogP) is -1.45. The van der Waals surface area contributed by atoms with Crippen LogP contribution in [0, 0.1) is 20.8 Å². The lowest BCUT2D eigenvalue weighted by Crippen LogP contribution is -3.00. The minimum absolute atomic E-state index is 0. The number of hydrogen-bond donors (Lipinski definition) is 1. The van der Waals surface area contributed by atoms with Gasteiger partial charge in [0, 0.05) is 20.2 Å². The van der Waals surface area contributed by atoms with Crippen LogP contribution in [0.2, 0.25) is 0 Å². The molecule has 0 unspecified atom stereocenters. The van der Waals surface area contributed by atoms with Crippen LogP contribution < -0.4 is 27.5 Å². The Hall–Kier alpha value is -1.07. The van der Waals surface area contributed by atoms with Crippen molar-refractivity contribution in [2.75, 3.05) is 14.1 Å². The second-order valence-electron chi connectivity index (χ2n) is 4.19. The Labute approximate surface area is 113 Å². The first-order chi connectivity index (χ1) is 7.34. The molecule has 0 saturated heterocycles. The highest BCUT2D eigenvalue weighted by atomic mass is 79.9. The minimum Gasteiger partial charge on any atom is -1.00 e. The molecule has 0 atom stereocenters. The Kier molecular flexibility index (Phi) is 5.64. The number of nitrogens with zero attached hydrogens (tertiary/aromatic N) is 1. The second kappa shape index (κ2) is 6.02. The fourth-order valence-electron chi connectivity index (χ4n) is 1.42. The third-order valence-corrected chi connectivity index (χ3v) is 2.70. The summed E-state index contributed by atoms with van der Waals surface area (Å²) in [4.78, 5) is 12.9. The number of carbonyl (C=O) groups excluding carboxylic acids is 1. The van der Waals surface area contributed by atoms with Crippen molar-refractivity contribution < 1.29 is 32.2 Å². The van der Waals surface area contributed by atoms with Crippen LogP contribution in [-0.4, -0.2) is 25.1 Å². The fraction of sp³-hybridized carbons (Fsp3) is 0.417. The van der Waals surface area contributed by atoms with E-state index in [9.17, 15) is 4.79 Å². The van der Waals surface area contributed by atoms with Gasteiger partial charge in [0.1, 0.15) is 11.4 Å². The zero-order chi connectivity index (χ0) is 12.5. The summed E-state index contributed by atoms with van der Waals surface area (Å²) in [5, 5.41) is 0. The molecule has 3 N–H and O–H groups in total. The van der Waals surface area contributed by atoms with E-state index in [0.717, 1.165) is 22.4 Å². The molecule has 0 heterocycles. The molecule has 0 aliphatic rings. The predicted molar refractivity (Wildman–Crippen MR) is 62.9 cm³/mol. The van der Waals surface area contributed by atoms with Crippen LogP contribution in [0.15, 0.2) is 6.07 Å². The third kappa shape index (κ3) is 3.44. The van der Waals surface area contributed by atoms with Crippen LogP contribution >= 0.6 is 0 Å². The van der Waals surface area contributed by atoms with Crippen LogP contribution in [0.3, 0.4) is 0 Å². The lowest BCUT2D eigenvalue weighted by Gasteiger charge is -2.15. The molecule has 1 aromatic carbocycles. The number of rotatable bonds is 1. The van der Waals surface area contributed by atoms with Crippen molar-refractivity contribution in [1.29, 1.82) is 0 Å². The summed E-state index contributed by atoms with van der Waals surface area (Å²) in [7, 11) is 3.32. The molecule has 17 heavy (non-hydrogen) atoms. The van der Waals surface area contributed by atoms with Gasteiger partial charge < -0.3 is 32.4 Å². The maximum Gasteiger partial charge on any atom is 0.414 e. The molecule has 0 spiro atoms. The first-order valence-electron chi connectivity index (χ1n) is 5.16. The number of amides is 1. The number of benzene rings is 1. The van der Waals surface area contributed by atoms with Gasteiger partial charge in [-0.05, 0) is 31.9 Å². The Morgan fingerprint density at radius 1 is 1.24 bits per heavy atom. The van der Waals surface area contributed by atoms with E-state index < -0.39 is 0 Å². The molecule has 1 rings (SSSR count). The lowest BCUT2D eigenvalue weighted by molar-refractivity contribution is -0.255. The summed E-state index contributed by atoms with van der Waals surface area (Å²) >= 11 is 0. The van der Waals surface area contributed by atoms with Crippen LogP contribution in [0.1, 0.15) is 16.7 Å².